The summed E-state index contributed by atoms with van der Waals surface area (Å²) in [4.78, 5) is 10.7. The van der Waals surface area contributed by atoms with Gasteiger partial charge in [0.15, 0.2) is 0 Å². The molecule has 0 unspecified atom stereocenters. The second-order valence-corrected chi connectivity index (χ2v) is 3.63. The predicted molar refractivity (Wildman–Crippen MR) is 61.6 cm³/mol. The van der Waals surface area contributed by atoms with Crippen molar-refractivity contribution in [1.29, 1.82) is 0 Å². The molecule has 1 aromatic carbocycles. The number of carboxylic acid groups (broad SMARTS) is 1. The maximum atomic E-state index is 13.4. The van der Waals surface area contributed by atoms with E-state index in [9.17, 15) is 9.18 Å². The van der Waals surface area contributed by atoms with Gasteiger partial charge in [-0.15, -0.1) is 0 Å². The molecule has 0 saturated carbocycles. The molecule has 0 bridgehead atoms. The molecule has 5 heteroatoms. The average Bonchev–Trinajstić information content (AvgIpc) is 2.30. The van der Waals surface area contributed by atoms with Crippen LogP contribution in [0.25, 0.3) is 0 Å². The van der Waals surface area contributed by atoms with Crippen LogP contribution in [-0.4, -0.2) is 31.3 Å². The Bertz CT molecular complexity index is 382. The predicted octanol–water partition coefficient (Wildman–Crippen LogP) is 1.65. The minimum Gasteiger partial charge on any atom is -0.478 e. The van der Waals surface area contributed by atoms with Crippen LogP contribution in [0.5, 0.6) is 0 Å². The van der Waals surface area contributed by atoms with Gasteiger partial charge in [-0.3, -0.25) is 0 Å². The first kappa shape index (κ1) is 13.6. The Morgan fingerprint density at radius 1 is 1.53 bits per heavy atom. The molecule has 0 heterocycles. The molecule has 2 N–H and O–H groups in total. The number of aromatic carboxylic acids is 1. The molecule has 0 spiro atoms. The number of rotatable bonds is 7. The quantitative estimate of drug-likeness (QED) is 0.713. The fourth-order valence-electron chi connectivity index (χ4n) is 1.41. The number of methoxy groups -OCH3 is 1. The first-order valence-corrected chi connectivity index (χ1v) is 5.36. The lowest BCUT2D eigenvalue weighted by Gasteiger charge is -2.06. The fraction of sp³-hybridized carbons (Fsp3) is 0.417. The molecule has 0 aromatic heterocycles. The summed E-state index contributed by atoms with van der Waals surface area (Å²) in [5.74, 6) is -1.44. The molecular weight excluding hydrogens is 225 g/mol. The van der Waals surface area contributed by atoms with Gasteiger partial charge in [0.05, 0.1) is 5.56 Å². The van der Waals surface area contributed by atoms with Crippen molar-refractivity contribution in [1.82, 2.24) is 5.32 Å². The minimum atomic E-state index is -1.05. The van der Waals surface area contributed by atoms with Crippen molar-refractivity contribution in [2.75, 3.05) is 20.3 Å². The average molecular weight is 241 g/mol. The molecule has 17 heavy (non-hydrogen) atoms. The normalized spacial score (nSPS) is 10.5. The van der Waals surface area contributed by atoms with Gasteiger partial charge in [0, 0.05) is 25.8 Å². The largest absolute Gasteiger partial charge is 0.478 e. The summed E-state index contributed by atoms with van der Waals surface area (Å²) >= 11 is 0. The molecule has 0 radical (unpaired) electrons. The van der Waals surface area contributed by atoms with Crippen molar-refractivity contribution in [3.05, 3.63) is 35.1 Å². The van der Waals surface area contributed by atoms with Crippen LogP contribution in [0, 0.1) is 5.82 Å². The van der Waals surface area contributed by atoms with E-state index < -0.39 is 11.8 Å². The van der Waals surface area contributed by atoms with Crippen molar-refractivity contribution >= 4 is 5.97 Å². The Labute approximate surface area is 99.4 Å². The highest BCUT2D eigenvalue weighted by molar-refractivity contribution is 5.87. The first-order chi connectivity index (χ1) is 8.15. The summed E-state index contributed by atoms with van der Waals surface area (Å²) in [6.07, 6.45) is 0.830. The second kappa shape index (κ2) is 6.98. The van der Waals surface area contributed by atoms with Crippen molar-refractivity contribution in [2.45, 2.75) is 13.0 Å². The lowest BCUT2D eigenvalue weighted by Crippen LogP contribution is -2.17. The number of ether oxygens (including phenoxy) is 1. The van der Waals surface area contributed by atoms with Crippen LogP contribution < -0.4 is 5.32 Å². The Kier molecular flexibility index (Phi) is 5.59. The zero-order valence-corrected chi connectivity index (χ0v) is 9.70. The zero-order chi connectivity index (χ0) is 12.7. The van der Waals surface area contributed by atoms with Gasteiger partial charge < -0.3 is 15.2 Å². The van der Waals surface area contributed by atoms with E-state index >= 15 is 0 Å². The van der Waals surface area contributed by atoms with Gasteiger partial charge in [0.2, 0.25) is 0 Å². The summed E-state index contributed by atoms with van der Waals surface area (Å²) < 4.78 is 18.2. The number of carbonyl (C=O) groups is 1. The fourth-order valence-corrected chi connectivity index (χ4v) is 1.41. The number of halogens is 1. The van der Waals surface area contributed by atoms with Crippen LogP contribution in [0.15, 0.2) is 18.2 Å². The van der Waals surface area contributed by atoms with Crippen LogP contribution >= 0.6 is 0 Å². The SMILES string of the molecule is COCCCNCc1cc(C(=O)O)ccc1F. The highest BCUT2D eigenvalue weighted by atomic mass is 19.1. The molecule has 0 fully saturated rings. The zero-order valence-electron chi connectivity index (χ0n) is 9.70. The highest BCUT2D eigenvalue weighted by Gasteiger charge is 2.07. The van der Waals surface area contributed by atoms with Gasteiger partial charge in [-0.2, -0.15) is 0 Å². The van der Waals surface area contributed by atoms with Crippen molar-refractivity contribution in [2.24, 2.45) is 0 Å². The number of nitrogens with one attached hydrogen (secondary N) is 1. The van der Waals surface area contributed by atoms with E-state index in [-0.39, 0.29) is 5.56 Å². The van der Waals surface area contributed by atoms with Crippen LogP contribution in [0.1, 0.15) is 22.3 Å². The van der Waals surface area contributed by atoms with Gasteiger partial charge in [0.1, 0.15) is 5.82 Å². The third kappa shape index (κ3) is 4.50. The van der Waals surface area contributed by atoms with E-state index in [1.807, 2.05) is 0 Å². The molecule has 0 amide bonds. The molecule has 0 saturated heterocycles. The minimum absolute atomic E-state index is 0.0973. The molecule has 0 aliphatic rings. The molecule has 4 nitrogen and oxygen atoms in total. The number of hydrogen-bond donors (Lipinski definition) is 2. The Hall–Kier alpha value is -1.46. The van der Waals surface area contributed by atoms with Crippen LogP contribution in [-0.2, 0) is 11.3 Å². The smallest absolute Gasteiger partial charge is 0.335 e. The monoisotopic (exact) mass is 241 g/mol. The van der Waals surface area contributed by atoms with E-state index in [1.165, 1.54) is 18.2 Å². The Morgan fingerprint density at radius 2 is 2.29 bits per heavy atom. The first-order valence-electron chi connectivity index (χ1n) is 5.36. The van der Waals surface area contributed by atoms with Gasteiger partial charge in [-0.05, 0) is 31.2 Å². The molecule has 1 rings (SSSR count). The lowest BCUT2D eigenvalue weighted by atomic mass is 10.1. The molecular formula is C12H16FNO3. The molecule has 0 atom stereocenters. The van der Waals surface area contributed by atoms with Gasteiger partial charge in [-0.25, -0.2) is 9.18 Å². The molecule has 0 aliphatic carbocycles. The molecule has 94 valence electrons. The Balaban J connectivity index is 2.51. The summed E-state index contributed by atoms with van der Waals surface area (Å²) in [6, 6.07) is 3.78. The van der Waals surface area contributed by atoms with E-state index in [1.54, 1.807) is 7.11 Å². The lowest BCUT2D eigenvalue weighted by molar-refractivity contribution is 0.0696. The third-order valence-electron chi connectivity index (χ3n) is 2.31. The number of carboxylic acids is 1. The summed E-state index contributed by atoms with van der Waals surface area (Å²) in [6.45, 7) is 1.66. The number of benzene rings is 1. The van der Waals surface area contributed by atoms with Crippen LogP contribution in [0.2, 0.25) is 0 Å². The van der Waals surface area contributed by atoms with Crippen molar-refractivity contribution in [3.8, 4) is 0 Å². The maximum Gasteiger partial charge on any atom is 0.335 e. The molecule has 0 aliphatic heterocycles. The van der Waals surface area contributed by atoms with Crippen LogP contribution in [0.3, 0.4) is 0 Å². The summed E-state index contributed by atoms with van der Waals surface area (Å²) in [5.41, 5.74) is 0.461. The van der Waals surface area contributed by atoms with Gasteiger partial charge >= 0.3 is 5.97 Å². The maximum absolute atomic E-state index is 13.4. The second-order valence-electron chi connectivity index (χ2n) is 3.63. The van der Waals surface area contributed by atoms with Gasteiger partial charge in [0.25, 0.3) is 0 Å². The number of hydrogen-bond acceptors (Lipinski definition) is 3. The van der Waals surface area contributed by atoms with Crippen LogP contribution in [0.4, 0.5) is 4.39 Å². The topological polar surface area (TPSA) is 58.6 Å². The molecule has 1 aromatic rings. The van der Waals surface area contributed by atoms with Gasteiger partial charge in [-0.1, -0.05) is 0 Å². The highest BCUT2D eigenvalue weighted by Crippen LogP contribution is 2.10. The van der Waals surface area contributed by atoms with E-state index in [0.717, 1.165) is 6.42 Å². The van der Waals surface area contributed by atoms with Crippen molar-refractivity contribution < 1.29 is 19.0 Å². The third-order valence-corrected chi connectivity index (χ3v) is 2.31. The van der Waals surface area contributed by atoms with E-state index in [2.05, 4.69) is 5.32 Å². The Morgan fingerprint density at radius 3 is 2.94 bits per heavy atom. The summed E-state index contributed by atoms with van der Waals surface area (Å²) in [5, 5.41) is 11.8. The van der Waals surface area contributed by atoms with E-state index in [4.69, 9.17) is 9.84 Å². The van der Waals surface area contributed by atoms with Crippen molar-refractivity contribution in [3.63, 3.8) is 0 Å². The summed E-state index contributed by atoms with van der Waals surface area (Å²) in [7, 11) is 1.62. The van der Waals surface area contributed by atoms with E-state index in [0.29, 0.717) is 25.3 Å². The standard InChI is InChI=1S/C12H16FNO3/c1-17-6-2-5-14-8-10-7-9(12(15)16)3-4-11(10)13/h3-4,7,14H,2,5-6,8H2,1H3,(H,15,16).